The molecule has 3 N–H and O–H groups in total. The second-order valence-electron chi connectivity index (χ2n) is 6.35. The molecule has 0 aromatic rings. The molecule has 3 atom stereocenters. The number of urea groups is 1. The van der Waals surface area contributed by atoms with Gasteiger partial charge in [-0.1, -0.05) is 13.8 Å². The molecule has 21 heavy (non-hydrogen) atoms. The van der Waals surface area contributed by atoms with Crippen molar-refractivity contribution in [3.05, 3.63) is 0 Å². The average Bonchev–Trinajstić information content (AvgIpc) is 2.34. The van der Waals surface area contributed by atoms with Crippen LogP contribution in [-0.2, 0) is 9.53 Å². The van der Waals surface area contributed by atoms with E-state index in [4.69, 9.17) is 9.84 Å². The van der Waals surface area contributed by atoms with E-state index >= 15 is 0 Å². The maximum absolute atomic E-state index is 11.9. The zero-order valence-electron chi connectivity index (χ0n) is 13.2. The highest BCUT2D eigenvalue weighted by Gasteiger charge is 2.21. The van der Waals surface area contributed by atoms with E-state index in [1.54, 1.807) is 0 Å². The van der Waals surface area contributed by atoms with Crippen molar-refractivity contribution in [3.8, 4) is 0 Å². The topological polar surface area (TPSA) is 87.7 Å². The van der Waals surface area contributed by atoms with Crippen LogP contribution in [0, 0.1) is 11.8 Å². The molecule has 0 saturated carbocycles. The molecule has 1 aliphatic heterocycles. The Morgan fingerprint density at radius 3 is 2.67 bits per heavy atom. The van der Waals surface area contributed by atoms with E-state index in [0.29, 0.717) is 19.1 Å². The second kappa shape index (κ2) is 8.87. The van der Waals surface area contributed by atoms with Gasteiger partial charge in [-0.15, -0.1) is 0 Å². The van der Waals surface area contributed by atoms with E-state index in [-0.39, 0.29) is 30.5 Å². The number of aliphatic carboxylic acids is 1. The van der Waals surface area contributed by atoms with Crippen molar-refractivity contribution in [3.63, 3.8) is 0 Å². The monoisotopic (exact) mass is 300 g/mol. The number of rotatable bonds is 7. The second-order valence-corrected chi connectivity index (χ2v) is 6.35. The smallest absolute Gasteiger partial charge is 0.315 e. The molecule has 1 rings (SSSR count). The largest absolute Gasteiger partial charge is 0.481 e. The minimum absolute atomic E-state index is 0.0261. The summed E-state index contributed by atoms with van der Waals surface area (Å²) in [5.74, 6) is -0.432. The molecule has 6 nitrogen and oxygen atoms in total. The molecule has 1 heterocycles. The minimum Gasteiger partial charge on any atom is -0.481 e. The first-order valence-corrected chi connectivity index (χ1v) is 7.74. The molecule has 0 bridgehead atoms. The molecular formula is C15H28N2O4. The quantitative estimate of drug-likeness (QED) is 0.671. The summed E-state index contributed by atoms with van der Waals surface area (Å²) in [6.07, 6.45) is 2.69. The van der Waals surface area contributed by atoms with Gasteiger partial charge in [0.05, 0.1) is 6.10 Å². The molecule has 1 aliphatic rings. The number of hydrogen-bond acceptors (Lipinski definition) is 3. The fourth-order valence-corrected chi connectivity index (χ4v) is 2.76. The Labute approximate surface area is 126 Å². The number of ether oxygens (including phenoxy) is 1. The lowest BCUT2D eigenvalue weighted by Gasteiger charge is -2.28. The average molecular weight is 300 g/mol. The third kappa shape index (κ3) is 7.90. The number of hydrogen-bond donors (Lipinski definition) is 3. The highest BCUT2D eigenvalue weighted by Crippen LogP contribution is 2.15. The summed E-state index contributed by atoms with van der Waals surface area (Å²) in [6.45, 7) is 7.17. The lowest BCUT2D eigenvalue weighted by Crippen LogP contribution is -2.47. The standard InChI is InChI=1S/C15H28N2O4/c1-10(2)6-12(8-14(18)19)9-16-15(20)17-13-4-5-21-11(3)7-13/h10-13H,4-9H2,1-3H3,(H,18,19)(H2,16,17,20). The van der Waals surface area contributed by atoms with Gasteiger partial charge in [0.2, 0.25) is 0 Å². The van der Waals surface area contributed by atoms with Crippen LogP contribution >= 0.6 is 0 Å². The Hall–Kier alpha value is -1.30. The number of carbonyl (C=O) groups is 2. The zero-order chi connectivity index (χ0) is 15.8. The van der Waals surface area contributed by atoms with E-state index in [1.165, 1.54) is 0 Å². The maximum atomic E-state index is 11.9. The molecule has 0 spiro atoms. The predicted octanol–water partition coefficient (Wildman–Crippen LogP) is 1.99. The fraction of sp³-hybridized carbons (Fsp3) is 0.867. The molecule has 0 aromatic heterocycles. The van der Waals surface area contributed by atoms with E-state index in [9.17, 15) is 9.59 Å². The van der Waals surface area contributed by atoms with Gasteiger partial charge in [-0.2, -0.15) is 0 Å². The molecule has 2 amide bonds. The van der Waals surface area contributed by atoms with E-state index in [1.807, 2.05) is 6.92 Å². The van der Waals surface area contributed by atoms with Crippen molar-refractivity contribution in [1.29, 1.82) is 0 Å². The Balaban J connectivity index is 2.32. The Morgan fingerprint density at radius 1 is 1.38 bits per heavy atom. The van der Waals surface area contributed by atoms with Crippen molar-refractivity contribution in [2.75, 3.05) is 13.2 Å². The summed E-state index contributed by atoms with van der Waals surface area (Å²) in [5, 5.41) is 14.6. The SMILES string of the molecule is CC(C)CC(CNC(=O)NC1CCOC(C)C1)CC(=O)O. The number of carboxylic acid groups (broad SMARTS) is 1. The van der Waals surface area contributed by atoms with Crippen molar-refractivity contribution in [2.24, 2.45) is 11.8 Å². The van der Waals surface area contributed by atoms with Crippen LogP contribution in [0.15, 0.2) is 0 Å². The molecule has 0 aliphatic carbocycles. The first-order valence-electron chi connectivity index (χ1n) is 7.74. The number of carbonyl (C=O) groups excluding carboxylic acids is 1. The van der Waals surface area contributed by atoms with Crippen LogP contribution in [0.1, 0.15) is 46.5 Å². The summed E-state index contributed by atoms with van der Waals surface area (Å²) < 4.78 is 5.44. The third-order valence-corrected chi connectivity index (χ3v) is 3.64. The Bertz CT molecular complexity index is 347. The van der Waals surface area contributed by atoms with Gasteiger partial charge < -0.3 is 20.5 Å². The van der Waals surface area contributed by atoms with E-state index < -0.39 is 5.97 Å². The first kappa shape index (κ1) is 17.8. The number of nitrogens with one attached hydrogen (secondary N) is 2. The molecule has 0 aromatic carbocycles. The molecule has 1 fully saturated rings. The minimum atomic E-state index is -0.818. The van der Waals surface area contributed by atoms with Gasteiger partial charge >= 0.3 is 12.0 Å². The normalized spacial score (nSPS) is 23.6. The summed E-state index contributed by atoms with van der Waals surface area (Å²) in [5.41, 5.74) is 0. The van der Waals surface area contributed by atoms with Crippen molar-refractivity contribution in [2.45, 2.75) is 58.6 Å². The van der Waals surface area contributed by atoms with Crippen LogP contribution in [0.4, 0.5) is 4.79 Å². The van der Waals surface area contributed by atoms with Crippen LogP contribution < -0.4 is 10.6 Å². The molecular weight excluding hydrogens is 272 g/mol. The molecule has 6 heteroatoms. The van der Waals surface area contributed by atoms with Crippen molar-refractivity contribution >= 4 is 12.0 Å². The summed E-state index contributed by atoms with van der Waals surface area (Å²) >= 11 is 0. The fourth-order valence-electron chi connectivity index (χ4n) is 2.76. The number of amides is 2. The van der Waals surface area contributed by atoms with Crippen LogP contribution in [0.25, 0.3) is 0 Å². The predicted molar refractivity (Wildman–Crippen MR) is 80.2 cm³/mol. The van der Waals surface area contributed by atoms with Crippen LogP contribution in [0.5, 0.6) is 0 Å². The van der Waals surface area contributed by atoms with E-state index in [2.05, 4.69) is 24.5 Å². The van der Waals surface area contributed by atoms with Gasteiger partial charge in [0.1, 0.15) is 0 Å². The molecule has 0 radical (unpaired) electrons. The zero-order valence-corrected chi connectivity index (χ0v) is 13.2. The lowest BCUT2D eigenvalue weighted by atomic mass is 9.94. The summed E-state index contributed by atoms with van der Waals surface area (Å²) in [4.78, 5) is 22.7. The van der Waals surface area contributed by atoms with Crippen LogP contribution in [-0.4, -0.2) is 42.4 Å². The molecule has 122 valence electrons. The Morgan fingerprint density at radius 2 is 2.10 bits per heavy atom. The lowest BCUT2D eigenvalue weighted by molar-refractivity contribution is -0.138. The van der Waals surface area contributed by atoms with Crippen LogP contribution in [0.2, 0.25) is 0 Å². The summed E-state index contributed by atoms with van der Waals surface area (Å²) in [7, 11) is 0. The maximum Gasteiger partial charge on any atom is 0.315 e. The first-order chi connectivity index (χ1) is 9.86. The van der Waals surface area contributed by atoms with Gasteiger partial charge in [-0.05, 0) is 38.0 Å². The van der Waals surface area contributed by atoms with Gasteiger partial charge in [0.15, 0.2) is 0 Å². The number of carboxylic acids is 1. The molecule has 3 unspecified atom stereocenters. The van der Waals surface area contributed by atoms with Gasteiger partial charge in [0, 0.05) is 25.6 Å². The highest BCUT2D eigenvalue weighted by molar-refractivity contribution is 5.74. The Kier molecular flexibility index (Phi) is 7.50. The summed E-state index contributed by atoms with van der Waals surface area (Å²) in [6, 6.07) is -0.0787. The third-order valence-electron chi connectivity index (χ3n) is 3.64. The van der Waals surface area contributed by atoms with Crippen molar-refractivity contribution < 1.29 is 19.4 Å². The van der Waals surface area contributed by atoms with Gasteiger partial charge in [-0.3, -0.25) is 4.79 Å². The van der Waals surface area contributed by atoms with Crippen LogP contribution in [0.3, 0.4) is 0 Å². The van der Waals surface area contributed by atoms with E-state index in [0.717, 1.165) is 19.3 Å². The van der Waals surface area contributed by atoms with Crippen molar-refractivity contribution in [1.82, 2.24) is 10.6 Å². The van der Waals surface area contributed by atoms with Gasteiger partial charge in [0.25, 0.3) is 0 Å². The highest BCUT2D eigenvalue weighted by atomic mass is 16.5. The molecule has 1 saturated heterocycles. The van der Waals surface area contributed by atoms with Gasteiger partial charge in [-0.25, -0.2) is 4.79 Å².